The number of fused-ring (bicyclic) bond motifs is 1. The minimum atomic E-state index is -0.426. The highest BCUT2D eigenvalue weighted by atomic mass is 35.5. The summed E-state index contributed by atoms with van der Waals surface area (Å²) in [4.78, 5) is 43.6. The number of carbonyl (C=O) groups is 2. The lowest BCUT2D eigenvalue weighted by Gasteiger charge is -2.29. The van der Waals surface area contributed by atoms with Gasteiger partial charge >= 0.3 is 0 Å². The van der Waals surface area contributed by atoms with Gasteiger partial charge in [0.2, 0.25) is 5.91 Å². The molecule has 3 aromatic carbocycles. The van der Waals surface area contributed by atoms with Gasteiger partial charge in [0.05, 0.1) is 29.9 Å². The predicted octanol–water partition coefficient (Wildman–Crippen LogP) is 6.09. The fraction of sp³-hybridized carbons (Fsp3) is 0.258. The molecular formula is C31H27Cl2FN2O5. The van der Waals surface area contributed by atoms with E-state index >= 15 is 0 Å². The smallest absolute Gasteiger partial charge is 0.254 e. The van der Waals surface area contributed by atoms with Gasteiger partial charge in [-0.3, -0.25) is 14.4 Å². The number of benzene rings is 3. The first-order valence-corrected chi connectivity index (χ1v) is 13.9. The van der Waals surface area contributed by atoms with Crippen molar-refractivity contribution in [3.63, 3.8) is 0 Å². The molecule has 0 radical (unpaired) electrons. The zero-order chi connectivity index (χ0) is 28.9. The quantitative estimate of drug-likeness (QED) is 0.233. The van der Waals surface area contributed by atoms with Crippen LogP contribution in [-0.2, 0) is 22.6 Å². The van der Waals surface area contributed by atoms with E-state index in [9.17, 15) is 18.8 Å². The molecule has 1 aliphatic heterocycles. The van der Waals surface area contributed by atoms with Gasteiger partial charge in [-0.2, -0.15) is 0 Å². The SMILES string of the molecule is O=C(CN(CC1CCCO1)C(=O)c1cc(Cl)cc(Cl)c1)N(Cc1ccc(F)cc1)Cc1coc2ccccc2c1=O. The summed E-state index contributed by atoms with van der Waals surface area (Å²) in [5.41, 5.74) is 1.35. The third-order valence-corrected chi connectivity index (χ3v) is 7.36. The van der Waals surface area contributed by atoms with E-state index in [4.69, 9.17) is 32.4 Å². The number of hydrogen-bond donors (Lipinski definition) is 0. The van der Waals surface area contributed by atoms with Crippen molar-refractivity contribution < 1.29 is 23.1 Å². The first kappa shape index (κ1) is 28.8. The molecule has 0 bridgehead atoms. The van der Waals surface area contributed by atoms with Crippen LogP contribution in [0.3, 0.4) is 0 Å². The van der Waals surface area contributed by atoms with Gasteiger partial charge in [0.15, 0.2) is 5.43 Å². The molecule has 7 nitrogen and oxygen atoms in total. The zero-order valence-electron chi connectivity index (χ0n) is 22.0. The number of rotatable bonds is 9. The van der Waals surface area contributed by atoms with E-state index in [0.29, 0.717) is 33.2 Å². The van der Waals surface area contributed by atoms with Gasteiger partial charge < -0.3 is 19.0 Å². The molecular weight excluding hydrogens is 570 g/mol. The van der Waals surface area contributed by atoms with Crippen molar-refractivity contribution in [2.45, 2.75) is 32.0 Å². The van der Waals surface area contributed by atoms with Gasteiger partial charge in [-0.1, -0.05) is 47.5 Å². The largest absolute Gasteiger partial charge is 0.464 e. The number of carbonyl (C=O) groups excluding carboxylic acids is 2. The van der Waals surface area contributed by atoms with E-state index < -0.39 is 17.6 Å². The summed E-state index contributed by atoms with van der Waals surface area (Å²) in [5.74, 6) is -1.25. The van der Waals surface area contributed by atoms with Gasteiger partial charge in [0.1, 0.15) is 17.9 Å². The van der Waals surface area contributed by atoms with E-state index in [1.54, 1.807) is 36.4 Å². The molecule has 2 heterocycles. The van der Waals surface area contributed by atoms with E-state index in [0.717, 1.165) is 12.8 Å². The normalized spacial score (nSPS) is 14.8. The topological polar surface area (TPSA) is 80.1 Å². The highest BCUT2D eigenvalue weighted by molar-refractivity contribution is 6.35. The van der Waals surface area contributed by atoms with Crippen LogP contribution in [0.15, 0.2) is 82.2 Å². The van der Waals surface area contributed by atoms with Gasteiger partial charge in [-0.25, -0.2) is 4.39 Å². The molecule has 2 amide bonds. The summed E-state index contributed by atoms with van der Waals surface area (Å²) >= 11 is 12.3. The standard InChI is InChI=1S/C31H27Cl2FN2O5/c32-23-12-21(13-24(33)14-23)31(39)36(17-26-4-3-11-40-26)18-29(37)35(15-20-7-9-25(34)10-8-20)16-22-19-41-28-6-2-1-5-27(28)30(22)38/h1-2,5-10,12-14,19,26H,3-4,11,15-18H2. The molecule has 0 saturated carbocycles. The number of ether oxygens (including phenoxy) is 1. The van der Waals surface area contributed by atoms with E-state index in [-0.39, 0.29) is 48.8 Å². The summed E-state index contributed by atoms with van der Waals surface area (Å²) in [6, 6.07) is 17.1. The second kappa shape index (κ2) is 12.9. The number of halogens is 3. The molecule has 1 aliphatic rings. The Balaban J connectivity index is 1.45. The summed E-state index contributed by atoms with van der Waals surface area (Å²) in [5, 5.41) is 0.989. The summed E-state index contributed by atoms with van der Waals surface area (Å²) in [6.45, 7) is 0.489. The molecule has 41 heavy (non-hydrogen) atoms. The molecule has 212 valence electrons. The lowest BCUT2D eigenvalue weighted by atomic mass is 10.1. The third-order valence-electron chi connectivity index (χ3n) is 6.92. The Morgan fingerprint density at radius 2 is 1.68 bits per heavy atom. The first-order valence-electron chi connectivity index (χ1n) is 13.2. The van der Waals surface area contributed by atoms with Crippen molar-refractivity contribution in [3.05, 3.63) is 116 Å². The summed E-state index contributed by atoms with van der Waals surface area (Å²) in [7, 11) is 0. The maximum atomic E-state index is 13.9. The van der Waals surface area contributed by atoms with Crippen LogP contribution in [0.25, 0.3) is 11.0 Å². The van der Waals surface area contributed by atoms with Crippen LogP contribution >= 0.6 is 23.2 Å². The minimum Gasteiger partial charge on any atom is -0.464 e. The van der Waals surface area contributed by atoms with Crippen molar-refractivity contribution in [2.75, 3.05) is 19.7 Å². The van der Waals surface area contributed by atoms with Gasteiger partial charge in [0, 0.05) is 35.3 Å². The van der Waals surface area contributed by atoms with Crippen LogP contribution in [-0.4, -0.2) is 47.4 Å². The molecule has 1 aromatic heterocycles. The second-order valence-electron chi connectivity index (χ2n) is 9.94. The van der Waals surface area contributed by atoms with Gasteiger partial charge in [-0.05, 0) is 60.9 Å². The highest BCUT2D eigenvalue weighted by Crippen LogP contribution is 2.22. The third kappa shape index (κ3) is 7.14. The fourth-order valence-electron chi connectivity index (χ4n) is 4.85. The Kier molecular flexibility index (Phi) is 9.03. The average molecular weight is 597 g/mol. The Hall–Kier alpha value is -3.72. The Morgan fingerprint density at radius 3 is 2.39 bits per heavy atom. The maximum Gasteiger partial charge on any atom is 0.254 e. The highest BCUT2D eigenvalue weighted by Gasteiger charge is 2.28. The Labute approximate surface area is 246 Å². The molecule has 1 saturated heterocycles. The molecule has 4 aromatic rings. The lowest BCUT2D eigenvalue weighted by molar-refractivity contribution is -0.133. The molecule has 1 fully saturated rings. The zero-order valence-corrected chi connectivity index (χ0v) is 23.5. The molecule has 5 rings (SSSR count). The number of nitrogens with zero attached hydrogens (tertiary/aromatic N) is 2. The van der Waals surface area contributed by atoms with Crippen LogP contribution in [0, 0.1) is 5.82 Å². The van der Waals surface area contributed by atoms with Crippen LogP contribution in [0.4, 0.5) is 4.39 Å². The van der Waals surface area contributed by atoms with Crippen LogP contribution in [0.1, 0.15) is 34.3 Å². The predicted molar refractivity (Wildman–Crippen MR) is 154 cm³/mol. The van der Waals surface area contributed by atoms with Crippen LogP contribution < -0.4 is 5.43 Å². The Morgan fingerprint density at radius 1 is 0.951 bits per heavy atom. The fourth-order valence-corrected chi connectivity index (χ4v) is 5.38. The summed E-state index contributed by atoms with van der Waals surface area (Å²) < 4.78 is 25.0. The van der Waals surface area contributed by atoms with E-state index in [1.165, 1.54) is 46.4 Å². The van der Waals surface area contributed by atoms with Crippen molar-refractivity contribution in [1.82, 2.24) is 9.80 Å². The van der Waals surface area contributed by atoms with Crippen molar-refractivity contribution in [1.29, 1.82) is 0 Å². The molecule has 1 unspecified atom stereocenters. The van der Waals surface area contributed by atoms with E-state index in [2.05, 4.69) is 0 Å². The molecule has 0 spiro atoms. The van der Waals surface area contributed by atoms with Gasteiger partial charge in [-0.15, -0.1) is 0 Å². The molecule has 0 aliphatic carbocycles. The van der Waals surface area contributed by atoms with Crippen LogP contribution in [0.2, 0.25) is 10.0 Å². The monoisotopic (exact) mass is 596 g/mol. The van der Waals surface area contributed by atoms with Crippen molar-refractivity contribution >= 4 is 46.0 Å². The van der Waals surface area contributed by atoms with E-state index in [1.807, 2.05) is 0 Å². The molecule has 0 N–H and O–H groups in total. The van der Waals surface area contributed by atoms with Crippen molar-refractivity contribution in [2.24, 2.45) is 0 Å². The Bertz CT molecular complexity index is 1600. The summed E-state index contributed by atoms with van der Waals surface area (Å²) in [6.07, 6.45) is 2.74. The first-order chi connectivity index (χ1) is 19.8. The number of amides is 2. The average Bonchev–Trinajstić information content (AvgIpc) is 3.47. The van der Waals surface area contributed by atoms with Crippen LogP contribution in [0.5, 0.6) is 0 Å². The minimum absolute atomic E-state index is 0.0751. The van der Waals surface area contributed by atoms with Gasteiger partial charge in [0.25, 0.3) is 5.91 Å². The molecule has 1 atom stereocenters. The molecule has 10 heteroatoms. The van der Waals surface area contributed by atoms with Crippen molar-refractivity contribution in [3.8, 4) is 0 Å². The lowest BCUT2D eigenvalue weighted by Crippen LogP contribution is -2.45. The maximum absolute atomic E-state index is 13.9. The number of para-hydroxylation sites is 1. The number of hydrogen-bond acceptors (Lipinski definition) is 5. The second-order valence-corrected chi connectivity index (χ2v) is 10.8.